The molecular weight excluding hydrogens is 328 g/mol. The number of rotatable bonds is 6. The maximum absolute atomic E-state index is 12.5. The summed E-state index contributed by atoms with van der Waals surface area (Å²) in [5.41, 5.74) is 1.10. The number of carbonyl (C=O) groups excluding carboxylic acids is 1. The van der Waals surface area contributed by atoms with Gasteiger partial charge < -0.3 is 15.0 Å². The second-order valence-corrected chi connectivity index (χ2v) is 7.32. The van der Waals surface area contributed by atoms with Crippen molar-refractivity contribution in [3.63, 3.8) is 0 Å². The molecule has 26 heavy (non-hydrogen) atoms. The molecule has 1 aromatic heterocycles. The minimum Gasteiger partial charge on any atom is -0.373 e. The van der Waals surface area contributed by atoms with Gasteiger partial charge >= 0.3 is 6.03 Å². The van der Waals surface area contributed by atoms with Crippen LogP contribution >= 0.6 is 0 Å². The van der Waals surface area contributed by atoms with Gasteiger partial charge in [0, 0.05) is 38.1 Å². The molecule has 2 saturated heterocycles. The lowest BCUT2D eigenvalue weighted by Gasteiger charge is -2.36. The van der Waals surface area contributed by atoms with Crippen LogP contribution in [0.2, 0.25) is 0 Å². The summed E-state index contributed by atoms with van der Waals surface area (Å²) in [5, 5.41) is 3.16. The fourth-order valence-corrected chi connectivity index (χ4v) is 3.95. The van der Waals surface area contributed by atoms with Gasteiger partial charge in [-0.2, -0.15) is 0 Å². The highest BCUT2D eigenvalue weighted by atomic mass is 16.5. The van der Waals surface area contributed by atoms with E-state index in [1.54, 1.807) is 6.20 Å². The monoisotopic (exact) mass is 360 g/mol. The molecule has 3 rings (SSSR count). The van der Waals surface area contributed by atoms with Gasteiger partial charge in [0.15, 0.2) is 0 Å². The smallest absolute Gasteiger partial charge is 0.317 e. The lowest BCUT2D eigenvalue weighted by atomic mass is 10.0. The van der Waals surface area contributed by atoms with Gasteiger partial charge in [0.2, 0.25) is 0 Å². The second-order valence-electron chi connectivity index (χ2n) is 7.32. The third-order valence-corrected chi connectivity index (χ3v) is 5.58. The van der Waals surface area contributed by atoms with Gasteiger partial charge in [-0.15, -0.1) is 0 Å². The first kappa shape index (κ1) is 19.1. The number of likely N-dealkylation sites (N-methyl/N-ethyl adjacent to an activating group) is 1. The normalized spacial score (nSPS) is 22.3. The largest absolute Gasteiger partial charge is 0.373 e. The Morgan fingerprint density at radius 3 is 2.85 bits per heavy atom. The van der Waals surface area contributed by atoms with Crippen LogP contribution in [-0.4, -0.2) is 65.7 Å². The van der Waals surface area contributed by atoms with Crippen LogP contribution in [0.25, 0.3) is 0 Å². The summed E-state index contributed by atoms with van der Waals surface area (Å²) < 4.78 is 5.98. The van der Waals surface area contributed by atoms with Crippen molar-refractivity contribution in [3.8, 4) is 0 Å². The van der Waals surface area contributed by atoms with Crippen LogP contribution in [0.15, 0.2) is 24.5 Å². The zero-order chi connectivity index (χ0) is 18.2. The van der Waals surface area contributed by atoms with Gasteiger partial charge in [0.1, 0.15) is 0 Å². The van der Waals surface area contributed by atoms with Crippen LogP contribution in [0.3, 0.4) is 0 Å². The molecule has 6 nitrogen and oxygen atoms in total. The van der Waals surface area contributed by atoms with Crippen molar-refractivity contribution >= 4 is 6.03 Å². The van der Waals surface area contributed by atoms with Crippen LogP contribution in [0.5, 0.6) is 0 Å². The number of pyridine rings is 1. The summed E-state index contributed by atoms with van der Waals surface area (Å²) in [7, 11) is 0. The third kappa shape index (κ3) is 5.42. The molecule has 6 heteroatoms. The van der Waals surface area contributed by atoms with Crippen LogP contribution in [0.1, 0.15) is 44.6 Å². The molecule has 0 radical (unpaired) electrons. The summed E-state index contributed by atoms with van der Waals surface area (Å²) in [6.45, 7) is 7.34. The van der Waals surface area contributed by atoms with Crippen molar-refractivity contribution < 1.29 is 9.53 Å². The number of ether oxygens (including phenoxy) is 1. The van der Waals surface area contributed by atoms with Crippen molar-refractivity contribution in [3.05, 3.63) is 30.1 Å². The molecule has 144 valence electrons. The molecule has 2 aliphatic heterocycles. The Hall–Kier alpha value is -1.66. The summed E-state index contributed by atoms with van der Waals surface area (Å²) in [4.78, 5) is 21.0. The van der Waals surface area contributed by atoms with Crippen molar-refractivity contribution in [1.82, 2.24) is 20.1 Å². The molecule has 2 amide bonds. The van der Waals surface area contributed by atoms with Gasteiger partial charge in [-0.05, 0) is 50.4 Å². The predicted molar refractivity (Wildman–Crippen MR) is 102 cm³/mol. The average Bonchev–Trinajstić information content (AvgIpc) is 2.72. The van der Waals surface area contributed by atoms with Gasteiger partial charge in [-0.25, -0.2) is 4.79 Å². The number of nitrogens with zero attached hydrogens (tertiary/aromatic N) is 3. The number of carbonyl (C=O) groups is 1. The molecule has 0 bridgehead atoms. The number of likely N-dealkylation sites (tertiary alicyclic amines) is 2. The summed E-state index contributed by atoms with van der Waals surface area (Å²) >= 11 is 0. The zero-order valence-corrected chi connectivity index (χ0v) is 15.9. The van der Waals surface area contributed by atoms with E-state index in [-0.39, 0.29) is 12.1 Å². The van der Waals surface area contributed by atoms with Crippen LogP contribution < -0.4 is 5.32 Å². The van der Waals surface area contributed by atoms with E-state index in [2.05, 4.69) is 22.1 Å². The minimum absolute atomic E-state index is 0.0809. The molecule has 2 aliphatic rings. The van der Waals surface area contributed by atoms with Gasteiger partial charge in [0.05, 0.1) is 12.7 Å². The zero-order valence-electron chi connectivity index (χ0n) is 15.9. The maximum Gasteiger partial charge on any atom is 0.317 e. The van der Waals surface area contributed by atoms with Crippen LogP contribution in [0.4, 0.5) is 4.79 Å². The summed E-state index contributed by atoms with van der Waals surface area (Å²) in [6.07, 6.45) is 9.39. The topological polar surface area (TPSA) is 57.7 Å². The number of amides is 2. The fourth-order valence-electron chi connectivity index (χ4n) is 3.95. The van der Waals surface area contributed by atoms with E-state index >= 15 is 0 Å². The van der Waals surface area contributed by atoms with Crippen LogP contribution in [0, 0.1) is 0 Å². The summed E-state index contributed by atoms with van der Waals surface area (Å²) in [6, 6.07) is 4.54. The maximum atomic E-state index is 12.5. The fraction of sp³-hybridized carbons (Fsp3) is 0.700. The molecule has 0 spiro atoms. The first-order valence-electron chi connectivity index (χ1n) is 10.0. The quantitative estimate of drug-likeness (QED) is 0.847. The van der Waals surface area contributed by atoms with Gasteiger partial charge in [-0.3, -0.25) is 9.88 Å². The Morgan fingerprint density at radius 1 is 1.27 bits per heavy atom. The van der Waals surface area contributed by atoms with E-state index in [4.69, 9.17) is 4.74 Å². The highest BCUT2D eigenvalue weighted by Crippen LogP contribution is 2.17. The number of urea groups is 1. The van der Waals surface area contributed by atoms with Crippen molar-refractivity contribution in [2.45, 2.75) is 57.8 Å². The van der Waals surface area contributed by atoms with Crippen molar-refractivity contribution in [2.75, 3.05) is 32.7 Å². The van der Waals surface area contributed by atoms with E-state index in [0.29, 0.717) is 12.6 Å². The molecule has 2 fully saturated rings. The van der Waals surface area contributed by atoms with E-state index < -0.39 is 0 Å². The van der Waals surface area contributed by atoms with E-state index in [9.17, 15) is 4.79 Å². The number of hydrogen-bond acceptors (Lipinski definition) is 4. The third-order valence-electron chi connectivity index (χ3n) is 5.58. The second kappa shape index (κ2) is 9.88. The Bertz CT molecular complexity index is 546. The SMILES string of the molecule is CCN1CCCC[C@@H]1CNC(=O)N1CCC(OCc2cccnc2)CC1. The van der Waals surface area contributed by atoms with Crippen molar-refractivity contribution in [1.29, 1.82) is 0 Å². The number of nitrogens with one attached hydrogen (secondary N) is 1. The lowest BCUT2D eigenvalue weighted by molar-refractivity contribution is 0.00420. The molecule has 3 heterocycles. The highest BCUT2D eigenvalue weighted by molar-refractivity contribution is 5.74. The standard InChI is InChI=1S/C20H32N4O2/c1-2-23-11-4-3-7-18(23)15-22-20(25)24-12-8-19(9-13-24)26-16-17-6-5-10-21-14-17/h5-6,10,14,18-19H,2-4,7-9,11-13,15-16H2,1H3,(H,22,25)/t18-/m1/s1. The Morgan fingerprint density at radius 2 is 2.12 bits per heavy atom. The van der Waals surface area contributed by atoms with E-state index in [1.165, 1.54) is 19.3 Å². The molecule has 1 aromatic rings. The minimum atomic E-state index is 0.0809. The van der Waals surface area contributed by atoms with E-state index in [1.807, 2.05) is 23.2 Å². The number of piperidine rings is 2. The summed E-state index contributed by atoms with van der Waals surface area (Å²) in [5.74, 6) is 0. The molecule has 1 N–H and O–H groups in total. The van der Waals surface area contributed by atoms with Crippen molar-refractivity contribution in [2.24, 2.45) is 0 Å². The first-order chi connectivity index (χ1) is 12.8. The van der Waals surface area contributed by atoms with Crippen LogP contribution in [-0.2, 0) is 11.3 Å². The Balaban J connectivity index is 1.35. The average molecular weight is 361 g/mol. The molecule has 0 saturated carbocycles. The Labute approximate surface area is 156 Å². The van der Waals surface area contributed by atoms with Gasteiger partial charge in [0.25, 0.3) is 0 Å². The molecule has 0 aliphatic carbocycles. The van der Waals surface area contributed by atoms with Gasteiger partial charge in [-0.1, -0.05) is 19.4 Å². The molecule has 1 atom stereocenters. The first-order valence-corrected chi connectivity index (χ1v) is 10.0. The Kier molecular flexibility index (Phi) is 7.26. The lowest BCUT2D eigenvalue weighted by Crippen LogP contribution is -2.51. The number of aromatic nitrogens is 1. The molecular formula is C20H32N4O2. The molecule has 0 aromatic carbocycles. The number of hydrogen-bond donors (Lipinski definition) is 1. The van der Waals surface area contributed by atoms with E-state index in [0.717, 1.165) is 51.1 Å². The predicted octanol–water partition coefficient (Wildman–Crippen LogP) is 2.65. The highest BCUT2D eigenvalue weighted by Gasteiger charge is 2.25. The molecule has 0 unspecified atom stereocenters.